The summed E-state index contributed by atoms with van der Waals surface area (Å²) < 4.78 is 4.97. The van der Waals surface area contributed by atoms with Crippen molar-refractivity contribution in [1.29, 1.82) is 0 Å². The molecule has 1 atom stereocenters. The Morgan fingerprint density at radius 3 is 2.48 bits per heavy atom. The minimum absolute atomic E-state index is 0.139. The summed E-state index contributed by atoms with van der Waals surface area (Å²) in [5, 5.41) is 5.32. The molecule has 0 aliphatic heterocycles. The molecule has 8 nitrogen and oxygen atoms in total. The molecular formula is C20H20ClN3O5. The first-order valence-corrected chi connectivity index (χ1v) is 9.01. The summed E-state index contributed by atoms with van der Waals surface area (Å²) in [6.45, 7) is 0.882. The van der Waals surface area contributed by atoms with Crippen LogP contribution in [0, 0.1) is 0 Å². The minimum atomic E-state index is -0.828. The molecule has 4 N–H and O–H groups in total. The summed E-state index contributed by atoms with van der Waals surface area (Å²) in [5.74, 6) is -1.44. The summed E-state index contributed by atoms with van der Waals surface area (Å²) in [6, 6.07) is 11.4. The van der Waals surface area contributed by atoms with Crippen molar-refractivity contribution >= 4 is 41.0 Å². The molecule has 0 aliphatic rings. The first kappa shape index (κ1) is 21.9. The number of amides is 3. The van der Waals surface area contributed by atoms with E-state index in [0.717, 1.165) is 0 Å². The number of anilines is 1. The number of nitrogens with one attached hydrogen (secondary N) is 2. The van der Waals surface area contributed by atoms with Gasteiger partial charge in [0.05, 0.1) is 12.5 Å². The van der Waals surface area contributed by atoms with Gasteiger partial charge in [-0.05, 0) is 30.7 Å². The number of nitrogens with two attached hydrogens (primary N) is 1. The lowest BCUT2D eigenvalue weighted by molar-refractivity contribution is -0.147. The van der Waals surface area contributed by atoms with Crippen LogP contribution in [0.1, 0.15) is 35.3 Å². The van der Waals surface area contributed by atoms with Crippen molar-refractivity contribution in [3.63, 3.8) is 0 Å². The second-order valence-electron chi connectivity index (χ2n) is 6.13. The Hall–Kier alpha value is -3.39. The van der Waals surface area contributed by atoms with Gasteiger partial charge in [-0.25, -0.2) is 4.79 Å². The Kier molecular flexibility index (Phi) is 7.73. The SMILES string of the molecule is CC(=O)c1cccc(NC(=O)COC(=O)CC(NC(N)=O)c2ccccc2Cl)c1. The molecule has 152 valence electrons. The molecule has 0 bridgehead atoms. The molecule has 2 rings (SSSR count). The van der Waals surface area contributed by atoms with Gasteiger partial charge in [-0.1, -0.05) is 41.9 Å². The normalized spacial score (nSPS) is 11.2. The number of urea groups is 1. The summed E-state index contributed by atoms with van der Waals surface area (Å²) in [4.78, 5) is 46.8. The molecule has 3 amide bonds. The fraction of sp³-hybridized carbons (Fsp3) is 0.200. The molecule has 2 aromatic carbocycles. The number of rotatable bonds is 8. The van der Waals surface area contributed by atoms with E-state index in [9.17, 15) is 19.2 Å². The number of ketones is 1. The van der Waals surface area contributed by atoms with E-state index in [1.807, 2.05) is 0 Å². The zero-order valence-electron chi connectivity index (χ0n) is 15.6. The number of ether oxygens (including phenoxy) is 1. The van der Waals surface area contributed by atoms with Crippen LogP contribution in [0.5, 0.6) is 0 Å². The number of hydrogen-bond acceptors (Lipinski definition) is 5. The van der Waals surface area contributed by atoms with Crippen LogP contribution >= 0.6 is 11.6 Å². The van der Waals surface area contributed by atoms with Gasteiger partial charge >= 0.3 is 12.0 Å². The van der Waals surface area contributed by atoms with E-state index >= 15 is 0 Å². The maximum Gasteiger partial charge on any atom is 0.312 e. The molecular weight excluding hydrogens is 398 g/mol. The quantitative estimate of drug-likeness (QED) is 0.449. The number of esters is 1. The molecule has 0 spiro atoms. The van der Waals surface area contributed by atoms with Crippen LogP contribution in [-0.4, -0.2) is 30.3 Å². The van der Waals surface area contributed by atoms with Crippen LogP contribution in [0.4, 0.5) is 10.5 Å². The van der Waals surface area contributed by atoms with Crippen molar-refractivity contribution in [2.24, 2.45) is 5.73 Å². The van der Waals surface area contributed by atoms with Crippen molar-refractivity contribution in [3.05, 3.63) is 64.7 Å². The van der Waals surface area contributed by atoms with E-state index in [-0.39, 0.29) is 12.2 Å². The molecule has 0 heterocycles. The molecule has 0 aromatic heterocycles. The summed E-state index contributed by atoms with van der Waals surface area (Å²) >= 11 is 6.11. The number of carbonyl (C=O) groups excluding carboxylic acids is 4. The smallest absolute Gasteiger partial charge is 0.312 e. The minimum Gasteiger partial charge on any atom is -0.455 e. The third kappa shape index (κ3) is 6.93. The Bertz CT molecular complexity index is 932. The van der Waals surface area contributed by atoms with Crippen molar-refractivity contribution in [2.45, 2.75) is 19.4 Å². The average molecular weight is 418 g/mol. The molecule has 0 saturated carbocycles. The number of benzene rings is 2. The fourth-order valence-electron chi connectivity index (χ4n) is 2.55. The Morgan fingerprint density at radius 2 is 1.83 bits per heavy atom. The molecule has 0 fully saturated rings. The summed E-state index contributed by atoms with van der Waals surface area (Å²) in [7, 11) is 0. The second-order valence-corrected chi connectivity index (χ2v) is 6.54. The van der Waals surface area contributed by atoms with E-state index in [2.05, 4.69) is 10.6 Å². The first-order chi connectivity index (χ1) is 13.8. The predicted molar refractivity (Wildman–Crippen MR) is 108 cm³/mol. The number of carbonyl (C=O) groups is 4. The zero-order chi connectivity index (χ0) is 21.4. The zero-order valence-corrected chi connectivity index (χ0v) is 16.4. The monoisotopic (exact) mass is 417 g/mol. The largest absolute Gasteiger partial charge is 0.455 e. The fourth-order valence-corrected chi connectivity index (χ4v) is 2.82. The van der Waals surface area contributed by atoms with Crippen LogP contribution in [0.2, 0.25) is 5.02 Å². The number of hydrogen-bond donors (Lipinski definition) is 3. The van der Waals surface area contributed by atoms with Crippen LogP contribution < -0.4 is 16.4 Å². The third-order valence-corrected chi connectivity index (χ3v) is 4.23. The van der Waals surface area contributed by atoms with Crippen LogP contribution in [0.15, 0.2) is 48.5 Å². The van der Waals surface area contributed by atoms with Gasteiger partial charge in [0.25, 0.3) is 5.91 Å². The maximum absolute atomic E-state index is 12.1. The molecule has 0 radical (unpaired) electrons. The van der Waals surface area contributed by atoms with Gasteiger partial charge in [0.1, 0.15) is 0 Å². The van der Waals surface area contributed by atoms with Gasteiger partial charge < -0.3 is 21.1 Å². The highest BCUT2D eigenvalue weighted by molar-refractivity contribution is 6.31. The van der Waals surface area contributed by atoms with Crippen molar-refractivity contribution in [2.75, 3.05) is 11.9 Å². The lowest BCUT2D eigenvalue weighted by Crippen LogP contribution is -2.35. The van der Waals surface area contributed by atoms with Gasteiger partial charge in [0, 0.05) is 16.3 Å². The van der Waals surface area contributed by atoms with Gasteiger partial charge in [0.15, 0.2) is 12.4 Å². The first-order valence-electron chi connectivity index (χ1n) is 8.63. The van der Waals surface area contributed by atoms with Gasteiger partial charge in [-0.15, -0.1) is 0 Å². The lowest BCUT2D eigenvalue weighted by atomic mass is 10.0. The van der Waals surface area contributed by atoms with E-state index in [0.29, 0.717) is 21.8 Å². The van der Waals surface area contributed by atoms with Crippen molar-refractivity contribution in [1.82, 2.24) is 5.32 Å². The van der Waals surface area contributed by atoms with E-state index < -0.39 is 30.6 Å². The van der Waals surface area contributed by atoms with E-state index in [1.54, 1.807) is 42.5 Å². The highest BCUT2D eigenvalue weighted by Crippen LogP contribution is 2.25. The van der Waals surface area contributed by atoms with E-state index in [1.165, 1.54) is 13.0 Å². The average Bonchev–Trinajstić information content (AvgIpc) is 2.66. The van der Waals surface area contributed by atoms with Gasteiger partial charge in [-0.2, -0.15) is 0 Å². The number of Topliss-reactive ketones (excluding diaryl/α,β-unsaturated/α-hetero) is 1. The molecule has 0 saturated heterocycles. The van der Waals surface area contributed by atoms with Crippen LogP contribution in [0.25, 0.3) is 0 Å². The standard InChI is InChI=1S/C20H20ClN3O5/c1-12(25)13-5-4-6-14(9-13)23-18(26)11-29-19(27)10-17(24-20(22)28)15-7-2-3-8-16(15)21/h2-9,17H,10-11H2,1H3,(H,23,26)(H3,22,24,28). The Morgan fingerprint density at radius 1 is 1.10 bits per heavy atom. The van der Waals surface area contributed by atoms with E-state index in [4.69, 9.17) is 22.1 Å². The molecule has 9 heteroatoms. The molecule has 2 aromatic rings. The highest BCUT2D eigenvalue weighted by atomic mass is 35.5. The lowest BCUT2D eigenvalue weighted by Gasteiger charge is -2.18. The van der Waals surface area contributed by atoms with Crippen molar-refractivity contribution in [3.8, 4) is 0 Å². The Balaban J connectivity index is 1.94. The highest BCUT2D eigenvalue weighted by Gasteiger charge is 2.21. The van der Waals surface area contributed by atoms with Crippen LogP contribution in [0.3, 0.4) is 0 Å². The molecule has 1 unspecified atom stereocenters. The summed E-state index contributed by atoms with van der Waals surface area (Å²) in [5.41, 5.74) is 6.51. The van der Waals surface area contributed by atoms with Crippen LogP contribution in [-0.2, 0) is 14.3 Å². The summed E-state index contributed by atoms with van der Waals surface area (Å²) in [6.07, 6.45) is -0.264. The predicted octanol–water partition coefficient (Wildman–Crippen LogP) is 2.82. The second kappa shape index (κ2) is 10.2. The third-order valence-electron chi connectivity index (χ3n) is 3.89. The topological polar surface area (TPSA) is 128 Å². The molecule has 0 aliphatic carbocycles. The maximum atomic E-state index is 12.1. The number of halogens is 1. The molecule has 29 heavy (non-hydrogen) atoms. The van der Waals surface area contributed by atoms with Crippen molar-refractivity contribution < 1.29 is 23.9 Å². The van der Waals surface area contributed by atoms with Gasteiger partial charge in [0.2, 0.25) is 0 Å². The Labute approximate surface area is 172 Å². The van der Waals surface area contributed by atoms with Gasteiger partial charge in [-0.3, -0.25) is 14.4 Å². The number of primary amides is 1.